The third-order valence-corrected chi connectivity index (χ3v) is 2.83. The second kappa shape index (κ2) is 7.73. The summed E-state index contributed by atoms with van der Waals surface area (Å²) in [6, 6.07) is 11.1. The number of aromatic nitrogens is 2. The molecule has 1 amide bonds. The van der Waals surface area contributed by atoms with Gasteiger partial charge in [-0.2, -0.15) is 0 Å². The molecule has 0 spiro atoms. The van der Waals surface area contributed by atoms with Crippen LogP contribution >= 0.6 is 0 Å². The highest BCUT2D eigenvalue weighted by Gasteiger charge is 2.12. The molecule has 2 N–H and O–H groups in total. The molecular weight excluding hydrogens is 276 g/mol. The Bertz CT molecular complexity index is 668. The summed E-state index contributed by atoms with van der Waals surface area (Å²) in [7, 11) is 0. The molecule has 0 radical (unpaired) electrons. The molecule has 0 saturated heterocycles. The second-order valence-electron chi connectivity index (χ2n) is 4.50. The van der Waals surface area contributed by atoms with Crippen molar-refractivity contribution in [3.05, 3.63) is 67.4 Å². The number of hydrogen-bond acceptors (Lipinski definition) is 4. The van der Waals surface area contributed by atoms with Crippen molar-refractivity contribution in [1.29, 1.82) is 0 Å². The first kappa shape index (κ1) is 15.4. The van der Waals surface area contributed by atoms with Gasteiger partial charge in [-0.3, -0.25) is 4.79 Å². The van der Waals surface area contributed by atoms with E-state index in [0.29, 0.717) is 30.4 Å². The normalized spacial score (nSPS) is 9.82. The lowest BCUT2D eigenvalue weighted by molar-refractivity contribution is 0.0953. The first-order chi connectivity index (χ1) is 10.7. The Hall–Kier alpha value is -2.95. The van der Waals surface area contributed by atoms with E-state index in [1.54, 1.807) is 18.2 Å². The Labute approximate surface area is 129 Å². The summed E-state index contributed by atoms with van der Waals surface area (Å²) in [5.41, 5.74) is 1.16. The molecule has 0 bridgehead atoms. The van der Waals surface area contributed by atoms with E-state index in [1.807, 2.05) is 30.3 Å². The lowest BCUT2D eigenvalue weighted by Gasteiger charge is -2.09. The first-order valence-electron chi connectivity index (χ1n) is 6.93. The van der Waals surface area contributed by atoms with Gasteiger partial charge < -0.3 is 10.6 Å². The molecule has 1 aromatic carbocycles. The van der Waals surface area contributed by atoms with Crippen molar-refractivity contribution in [2.75, 3.05) is 18.4 Å². The molecule has 2 rings (SSSR count). The summed E-state index contributed by atoms with van der Waals surface area (Å²) in [6.07, 6.45) is 3.34. The minimum absolute atomic E-state index is 0.263. The molecule has 22 heavy (non-hydrogen) atoms. The lowest BCUT2D eigenvalue weighted by Crippen LogP contribution is -2.24. The molecule has 0 aliphatic carbocycles. The van der Waals surface area contributed by atoms with Gasteiger partial charge in [-0.05, 0) is 0 Å². The molecule has 0 aliphatic heterocycles. The summed E-state index contributed by atoms with van der Waals surface area (Å²) in [6.45, 7) is 8.18. The average Bonchev–Trinajstić information content (AvgIpc) is 2.58. The Morgan fingerprint density at radius 2 is 1.82 bits per heavy atom. The van der Waals surface area contributed by atoms with Gasteiger partial charge in [0.05, 0.1) is 0 Å². The van der Waals surface area contributed by atoms with Gasteiger partial charge in [0.1, 0.15) is 11.5 Å². The van der Waals surface area contributed by atoms with E-state index in [1.165, 1.54) is 0 Å². The van der Waals surface area contributed by atoms with Gasteiger partial charge in [0.25, 0.3) is 5.91 Å². The predicted molar refractivity (Wildman–Crippen MR) is 88.7 cm³/mol. The van der Waals surface area contributed by atoms with Crippen LogP contribution in [0, 0.1) is 0 Å². The molecule has 1 heterocycles. The topological polar surface area (TPSA) is 66.9 Å². The summed E-state index contributed by atoms with van der Waals surface area (Å²) in [5.74, 6) is 0.817. The zero-order chi connectivity index (χ0) is 15.8. The highest BCUT2D eigenvalue weighted by molar-refractivity contribution is 5.93. The van der Waals surface area contributed by atoms with E-state index in [4.69, 9.17) is 0 Å². The largest absolute Gasteiger partial charge is 0.366 e. The van der Waals surface area contributed by atoms with Crippen LogP contribution in [0.2, 0.25) is 0 Å². The highest BCUT2D eigenvalue weighted by atomic mass is 16.1. The number of benzene rings is 1. The number of carbonyl (C=O) groups excluding carboxylic acids is 1. The fourth-order valence-electron chi connectivity index (χ4n) is 1.80. The zero-order valence-electron chi connectivity index (χ0n) is 12.2. The number of anilines is 1. The number of amides is 1. The molecule has 0 atom stereocenters. The van der Waals surface area contributed by atoms with Crippen molar-refractivity contribution in [3.63, 3.8) is 0 Å². The van der Waals surface area contributed by atoms with Crippen molar-refractivity contribution in [2.24, 2.45) is 0 Å². The van der Waals surface area contributed by atoms with Gasteiger partial charge >= 0.3 is 0 Å². The average molecular weight is 294 g/mol. The van der Waals surface area contributed by atoms with Gasteiger partial charge in [-0.1, -0.05) is 42.5 Å². The minimum atomic E-state index is -0.263. The van der Waals surface area contributed by atoms with Crippen LogP contribution in [0.5, 0.6) is 0 Å². The smallest absolute Gasteiger partial charge is 0.270 e. The number of hydrogen-bond donors (Lipinski definition) is 2. The molecule has 0 unspecified atom stereocenters. The van der Waals surface area contributed by atoms with Crippen LogP contribution in [-0.4, -0.2) is 29.0 Å². The quantitative estimate of drug-likeness (QED) is 0.770. The lowest BCUT2D eigenvalue weighted by atomic mass is 10.2. The maximum absolute atomic E-state index is 12.1. The first-order valence-corrected chi connectivity index (χ1v) is 6.93. The van der Waals surface area contributed by atoms with E-state index in [-0.39, 0.29) is 5.91 Å². The van der Waals surface area contributed by atoms with Gasteiger partial charge in [0.2, 0.25) is 0 Å². The van der Waals surface area contributed by atoms with E-state index in [0.717, 1.165) is 5.56 Å². The second-order valence-corrected chi connectivity index (χ2v) is 4.50. The zero-order valence-corrected chi connectivity index (χ0v) is 12.2. The fourth-order valence-corrected chi connectivity index (χ4v) is 1.80. The SMILES string of the molecule is C=CCNC(=O)c1cc(NCC=C)nc(-c2ccccc2)n1. The van der Waals surface area contributed by atoms with Crippen molar-refractivity contribution in [2.45, 2.75) is 0 Å². The maximum Gasteiger partial charge on any atom is 0.270 e. The Balaban J connectivity index is 2.38. The molecule has 0 aliphatic rings. The highest BCUT2D eigenvalue weighted by Crippen LogP contribution is 2.17. The predicted octanol–water partition coefficient (Wildman–Crippen LogP) is 2.66. The molecule has 0 fully saturated rings. The molecule has 5 nitrogen and oxygen atoms in total. The molecule has 112 valence electrons. The van der Waals surface area contributed by atoms with E-state index in [2.05, 4.69) is 33.8 Å². The van der Waals surface area contributed by atoms with Crippen LogP contribution in [-0.2, 0) is 0 Å². The molecular formula is C17H18N4O. The molecule has 5 heteroatoms. The van der Waals surface area contributed by atoms with Crippen molar-refractivity contribution in [1.82, 2.24) is 15.3 Å². The number of rotatable bonds is 7. The number of carbonyl (C=O) groups is 1. The monoisotopic (exact) mass is 294 g/mol. The van der Waals surface area contributed by atoms with Crippen LogP contribution in [0.1, 0.15) is 10.5 Å². The Morgan fingerprint density at radius 1 is 1.09 bits per heavy atom. The maximum atomic E-state index is 12.1. The van der Waals surface area contributed by atoms with E-state index < -0.39 is 0 Å². The number of nitrogens with zero attached hydrogens (tertiary/aromatic N) is 2. The molecule has 0 saturated carbocycles. The minimum Gasteiger partial charge on any atom is -0.366 e. The fraction of sp³-hybridized carbons (Fsp3) is 0.118. The number of nitrogens with one attached hydrogen (secondary N) is 2. The third kappa shape index (κ3) is 4.02. The molecule has 1 aromatic heterocycles. The third-order valence-electron chi connectivity index (χ3n) is 2.83. The summed E-state index contributed by atoms with van der Waals surface area (Å²) in [5, 5.41) is 5.80. The van der Waals surface area contributed by atoms with Gasteiger partial charge in [0, 0.05) is 24.7 Å². The Kier molecular flexibility index (Phi) is 5.43. The van der Waals surface area contributed by atoms with E-state index >= 15 is 0 Å². The van der Waals surface area contributed by atoms with Gasteiger partial charge in [-0.25, -0.2) is 9.97 Å². The summed E-state index contributed by atoms with van der Waals surface area (Å²) in [4.78, 5) is 20.9. The summed E-state index contributed by atoms with van der Waals surface area (Å²) >= 11 is 0. The van der Waals surface area contributed by atoms with Crippen LogP contribution in [0.4, 0.5) is 5.82 Å². The van der Waals surface area contributed by atoms with Crippen molar-refractivity contribution < 1.29 is 4.79 Å². The van der Waals surface area contributed by atoms with Crippen LogP contribution in [0.15, 0.2) is 61.7 Å². The van der Waals surface area contributed by atoms with Crippen LogP contribution < -0.4 is 10.6 Å². The molecule has 2 aromatic rings. The Morgan fingerprint density at radius 3 is 2.50 bits per heavy atom. The van der Waals surface area contributed by atoms with E-state index in [9.17, 15) is 4.79 Å². The standard InChI is InChI=1S/C17H18N4O/c1-3-10-18-15-12-14(17(22)19-11-4-2)20-16(21-15)13-8-6-5-7-9-13/h3-9,12H,1-2,10-11H2,(H,19,22)(H,18,20,21). The van der Waals surface area contributed by atoms with Crippen LogP contribution in [0.25, 0.3) is 11.4 Å². The van der Waals surface area contributed by atoms with Crippen molar-refractivity contribution >= 4 is 11.7 Å². The van der Waals surface area contributed by atoms with Crippen LogP contribution in [0.3, 0.4) is 0 Å². The van der Waals surface area contributed by atoms with Crippen molar-refractivity contribution in [3.8, 4) is 11.4 Å². The summed E-state index contributed by atoms with van der Waals surface area (Å²) < 4.78 is 0. The van der Waals surface area contributed by atoms with Gasteiger partial charge in [-0.15, -0.1) is 13.2 Å². The van der Waals surface area contributed by atoms with Gasteiger partial charge in [0.15, 0.2) is 5.82 Å².